The summed E-state index contributed by atoms with van der Waals surface area (Å²) in [6.45, 7) is 3.78. The lowest BCUT2D eigenvalue weighted by Gasteiger charge is -2.40. The van der Waals surface area contributed by atoms with Crippen molar-refractivity contribution < 1.29 is 39.8 Å². The van der Waals surface area contributed by atoms with Gasteiger partial charge in [0.2, 0.25) is 5.91 Å². The van der Waals surface area contributed by atoms with Gasteiger partial charge < -0.3 is 40.3 Å². The van der Waals surface area contributed by atoms with E-state index in [1.807, 2.05) is 0 Å². The zero-order valence-electron chi connectivity index (χ0n) is 59.4. The number of rotatable bonds is 70. The van der Waals surface area contributed by atoms with Gasteiger partial charge in [-0.3, -0.25) is 4.79 Å². The minimum Gasteiger partial charge on any atom is -0.394 e. The number of carbonyl (C=O) groups excluding carboxylic acids is 1. The number of allylic oxidation sites excluding steroid dienone is 10. The van der Waals surface area contributed by atoms with Crippen LogP contribution in [0.4, 0.5) is 0 Å². The molecule has 0 radical (unpaired) electrons. The molecule has 1 aliphatic rings. The Labute approximate surface area is 557 Å². The fourth-order valence-electron chi connectivity index (χ4n) is 12.8. The third kappa shape index (κ3) is 57.3. The van der Waals surface area contributed by atoms with Crippen LogP contribution in [0.5, 0.6) is 0 Å². The van der Waals surface area contributed by atoms with Crippen LogP contribution in [0, 0.1) is 0 Å². The minimum atomic E-state index is -1.55. The first-order valence-electron chi connectivity index (χ1n) is 39.5. The Bertz CT molecular complexity index is 1610. The van der Waals surface area contributed by atoms with Gasteiger partial charge in [0.15, 0.2) is 6.29 Å². The molecule has 0 aromatic heterocycles. The highest BCUT2D eigenvalue weighted by atomic mass is 16.7. The molecule has 528 valence electrons. The smallest absolute Gasteiger partial charge is 0.220 e. The summed E-state index contributed by atoms with van der Waals surface area (Å²) in [4.78, 5) is 13.2. The Hall–Kier alpha value is -2.11. The number of hydrogen-bond donors (Lipinski definition) is 6. The molecule has 9 heteroatoms. The van der Waals surface area contributed by atoms with Gasteiger partial charge in [-0.15, -0.1) is 0 Å². The first-order valence-corrected chi connectivity index (χ1v) is 39.5. The summed E-state index contributed by atoms with van der Waals surface area (Å²) < 4.78 is 11.4. The van der Waals surface area contributed by atoms with Gasteiger partial charge in [0.1, 0.15) is 24.4 Å². The zero-order valence-corrected chi connectivity index (χ0v) is 59.4. The van der Waals surface area contributed by atoms with Crippen LogP contribution in [0.3, 0.4) is 0 Å². The van der Waals surface area contributed by atoms with Gasteiger partial charge in [0, 0.05) is 6.42 Å². The number of carbonyl (C=O) groups is 1. The molecule has 6 N–H and O–H groups in total. The topological polar surface area (TPSA) is 149 Å². The monoisotopic (exact) mass is 1270 g/mol. The van der Waals surface area contributed by atoms with E-state index in [0.29, 0.717) is 12.8 Å². The maximum atomic E-state index is 13.2. The van der Waals surface area contributed by atoms with Crippen molar-refractivity contribution >= 4 is 5.91 Å². The minimum absolute atomic E-state index is 0.134. The molecule has 0 aliphatic carbocycles. The van der Waals surface area contributed by atoms with Crippen LogP contribution >= 0.6 is 0 Å². The second-order valence-electron chi connectivity index (χ2n) is 27.5. The van der Waals surface area contributed by atoms with Gasteiger partial charge >= 0.3 is 0 Å². The summed E-state index contributed by atoms with van der Waals surface area (Å²) in [5.74, 6) is -0.135. The zero-order chi connectivity index (χ0) is 64.9. The number of unbranched alkanes of at least 4 members (excludes halogenated alkanes) is 50. The predicted octanol–water partition coefficient (Wildman–Crippen LogP) is 22.5. The number of hydrogen-bond acceptors (Lipinski definition) is 8. The standard InChI is InChI=1S/C81H151NO8/c1-3-5-7-9-11-13-15-17-19-21-23-25-27-29-31-32-33-34-35-36-37-38-39-40-41-42-43-44-45-47-49-51-53-55-57-59-61-63-65-67-69-71-77(85)82-74(73-89-81-80(88)79(87)78(86)76(72-83)90-81)75(84)70-68-66-64-62-60-58-56-54-52-50-48-46-30-28-26-24-22-20-18-16-14-12-10-8-6-4-2/h5,7,11,13,17,19,23,25,29,31,74-76,78-81,83-84,86-88H,3-4,6,8-10,12,14-16,18,20-22,24,26-28,30,32-73H2,1-2H3,(H,82,85)/b7-5-,13-11-,19-17-,25-23-,31-29-. The molecule has 0 spiro atoms. The molecule has 0 bridgehead atoms. The molecular weight excluding hydrogens is 1110 g/mol. The normalized spacial score (nSPS) is 18.1. The van der Waals surface area contributed by atoms with Gasteiger partial charge in [0.05, 0.1) is 25.4 Å². The van der Waals surface area contributed by atoms with Gasteiger partial charge in [-0.1, -0.05) is 389 Å². The Morgan fingerprint density at radius 3 is 1.02 bits per heavy atom. The van der Waals surface area contributed by atoms with E-state index in [2.05, 4.69) is 79.9 Å². The van der Waals surface area contributed by atoms with E-state index in [0.717, 1.165) is 70.6 Å². The molecule has 1 heterocycles. The molecule has 1 saturated heterocycles. The third-order valence-electron chi connectivity index (χ3n) is 18.9. The maximum absolute atomic E-state index is 13.2. The highest BCUT2D eigenvalue weighted by Gasteiger charge is 2.44. The second kappa shape index (κ2) is 69.7. The summed E-state index contributed by atoms with van der Waals surface area (Å²) >= 11 is 0. The predicted molar refractivity (Wildman–Crippen MR) is 387 cm³/mol. The number of nitrogens with one attached hydrogen (secondary N) is 1. The van der Waals surface area contributed by atoms with E-state index >= 15 is 0 Å². The van der Waals surface area contributed by atoms with Crippen molar-refractivity contribution in [2.24, 2.45) is 0 Å². The van der Waals surface area contributed by atoms with Gasteiger partial charge in [-0.2, -0.15) is 0 Å². The summed E-state index contributed by atoms with van der Waals surface area (Å²) in [5.41, 5.74) is 0. The van der Waals surface area contributed by atoms with Gasteiger partial charge in [-0.25, -0.2) is 0 Å². The highest BCUT2D eigenvalue weighted by molar-refractivity contribution is 5.76. The van der Waals surface area contributed by atoms with Crippen LogP contribution in [0.2, 0.25) is 0 Å². The molecule has 1 rings (SSSR count). The molecule has 0 aromatic carbocycles. The van der Waals surface area contributed by atoms with Crippen LogP contribution in [0.15, 0.2) is 60.8 Å². The average Bonchev–Trinajstić information content (AvgIpc) is 1.28. The molecule has 7 unspecified atom stereocenters. The SMILES string of the molecule is CC/C=C\C/C=C\C/C=C\C/C=C\C/C=C\CCCCCCCCCCCCCCCCCCCCCCCCCCCC(=O)NC(COC1OC(CO)C(O)C(O)C1O)C(O)CCCCCCCCCCCCCCCCCCCCCCCCCCCC. The van der Waals surface area contributed by atoms with Crippen LogP contribution in [-0.4, -0.2) is 87.5 Å². The highest BCUT2D eigenvalue weighted by Crippen LogP contribution is 2.24. The fraction of sp³-hybridized carbons (Fsp3) is 0.864. The Balaban J connectivity index is 2.03. The van der Waals surface area contributed by atoms with Crippen LogP contribution < -0.4 is 5.32 Å². The van der Waals surface area contributed by atoms with Gasteiger partial charge in [-0.05, 0) is 57.8 Å². The lowest BCUT2D eigenvalue weighted by atomic mass is 9.99. The van der Waals surface area contributed by atoms with E-state index in [4.69, 9.17) is 9.47 Å². The van der Waals surface area contributed by atoms with Crippen LogP contribution in [0.25, 0.3) is 0 Å². The lowest BCUT2D eigenvalue weighted by Crippen LogP contribution is -2.60. The Morgan fingerprint density at radius 1 is 0.389 bits per heavy atom. The molecule has 90 heavy (non-hydrogen) atoms. The summed E-state index contributed by atoms with van der Waals surface area (Å²) in [6, 6.07) is -0.720. The van der Waals surface area contributed by atoms with E-state index < -0.39 is 49.5 Å². The summed E-state index contributed by atoms with van der Waals surface area (Å²) in [6.07, 6.45) is 90.4. The molecule has 1 fully saturated rings. The van der Waals surface area contributed by atoms with Crippen LogP contribution in [-0.2, 0) is 14.3 Å². The first-order chi connectivity index (χ1) is 44.3. The molecule has 1 aliphatic heterocycles. The van der Waals surface area contributed by atoms with Crippen molar-refractivity contribution in [3.05, 3.63) is 60.8 Å². The number of aliphatic hydroxyl groups is 5. The summed E-state index contributed by atoms with van der Waals surface area (Å²) in [7, 11) is 0. The maximum Gasteiger partial charge on any atom is 0.220 e. The number of aliphatic hydroxyl groups excluding tert-OH is 5. The van der Waals surface area contributed by atoms with Crippen LogP contribution in [0.1, 0.15) is 393 Å². The quantitative estimate of drug-likeness (QED) is 0.0261. The molecular formula is C81H151NO8. The molecule has 0 aromatic rings. The Morgan fingerprint density at radius 2 is 0.689 bits per heavy atom. The van der Waals surface area contributed by atoms with Crippen molar-refractivity contribution in [3.8, 4) is 0 Å². The molecule has 9 nitrogen and oxygen atoms in total. The largest absolute Gasteiger partial charge is 0.394 e. The van der Waals surface area contributed by atoms with Gasteiger partial charge in [0.25, 0.3) is 0 Å². The van der Waals surface area contributed by atoms with Crippen molar-refractivity contribution in [2.75, 3.05) is 13.2 Å². The number of amides is 1. The third-order valence-corrected chi connectivity index (χ3v) is 18.9. The molecule has 7 atom stereocenters. The average molecular weight is 1270 g/mol. The number of ether oxygens (including phenoxy) is 2. The molecule has 1 amide bonds. The van der Waals surface area contributed by atoms with E-state index in [1.165, 1.54) is 295 Å². The van der Waals surface area contributed by atoms with E-state index in [-0.39, 0.29) is 12.5 Å². The van der Waals surface area contributed by atoms with Crippen molar-refractivity contribution in [3.63, 3.8) is 0 Å². The Kier molecular flexibility index (Phi) is 66.5. The van der Waals surface area contributed by atoms with Crippen molar-refractivity contribution in [1.29, 1.82) is 0 Å². The van der Waals surface area contributed by atoms with E-state index in [9.17, 15) is 30.3 Å². The van der Waals surface area contributed by atoms with Crippen molar-refractivity contribution in [1.82, 2.24) is 5.32 Å². The summed E-state index contributed by atoms with van der Waals surface area (Å²) in [5, 5.41) is 55.1. The van der Waals surface area contributed by atoms with Crippen molar-refractivity contribution in [2.45, 2.75) is 436 Å². The molecule has 0 saturated carbocycles. The van der Waals surface area contributed by atoms with E-state index in [1.54, 1.807) is 0 Å². The fourth-order valence-corrected chi connectivity index (χ4v) is 12.8. The lowest BCUT2D eigenvalue weighted by molar-refractivity contribution is -0.302. The first kappa shape index (κ1) is 85.9. The second-order valence-corrected chi connectivity index (χ2v) is 27.5.